The van der Waals surface area contributed by atoms with E-state index in [1.54, 1.807) is 0 Å². The van der Waals surface area contributed by atoms with Crippen LogP contribution in [0.25, 0.3) is 0 Å². The van der Waals surface area contributed by atoms with Gasteiger partial charge in [0.2, 0.25) is 0 Å². The van der Waals surface area contributed by atoms with E-state index in [9.17, 15) is 4.39 Å². The van der Waals surface area contributed by atoms with E-state index in [2.05, 4.69) is 39.6 Å². The lowest BCUT2D eigenvalue weighted by Gasteiger charge is -2.25. The van der Waals surface area contributed by atoms with Crippen molar-refractivity contribution in [2.24, 2.45) is 4.99 Å². The van der Waals surface area contributed by atoms with Crippen molar-refractivity contribution in [2.45, 2.75) is 58.7 Å². The summed E-state index contributed by atoms with van der Waals surface area (Å²) in [5, 5.41) is 20.2. The standard InChI is InChI=1S/C20H26FN7/c1-4-23-20(24-11-15-9-14(10-22)5-7-17(15)21)25-16-6-8-18-26-19(13(2)3)27-28(18)12-16/h5,7,9,13,16H,4,6,8,11-12H2,1-3H3,(H2,23,24,25). The van der Waals surface area contributed by atoms with E-state index >= 15 is 0 Å². The van der Waals surface area contributed by atoms with E-state index in [0.29, 0.717) is 29.5 Å². The van der Waals surface area contributed by atoms with Gasteiger partial charge in [-0.15, -0.1) is 0 Å². The molecule has 0 radical (unpaired) electrons. The number of nitrogens with zero attached hydrogens (tertiary/aromatic N) is 5. The molecular weight excluding hydrogens is 357 g/mol. The quantitative estimate of drug-likeness (QED) is 0.611. The minimum Gasteiger partial charge on any atom is -0.357 e. The summed E-state index contributed by atoms with van der Waals surface area (Å²) >= 11 is 0. The Morgan fingerprint density at radius 1 is 1.46 bits per heavy atom. The van der Waals surface area contributed by atoms with Gasteiger partial charge in [-0.05, 0) is 31.5 Å². The van der Waals surface area contributed by atoms with Crippen LogP contribution in [0, 0.1) is 17.1 Å². The average molecular weight is 383 g/mol. The summed E-state index contributed by atoms with van der Waals surface area (Å²) in [6.07, 6.45) is 1.79. The summed E-state index contributed by atoms with van der Waals surface area (Å²) in [7, 11) is 0. The van der Waals surface area contributed by atoms with Crippen LogP contribution in [0.15, 0.2) is 23.2 Å². The van der Waals surface area contributed by atoms with Crippen LogP contribution in [0.1, 0.15) is 55.9 Å². The minimum atomic E-state index is -0.357. The molecule has 1 aromatic carbocycles. The van der Waals surface area contributed by atoms with Crippen LogP contribution in [-0.2, 0) is 19.5 Å². The molecule has 0 spiro atoms. The zero-order chi connectivity index (χ0) is 20.1. The van der Waals surface area contributed by atoms with Gasteiger partial charge in [-0.2, -0.15) is 10.4 Å². The van der Waals surface area contributed by atoms with Crippen molar-refractivity contribution in [3.63, 3.8) is 0 Å². The Kier molecular flexibility index (Phi) is 6.24. The van der Waals surface area contributed by atoms with Crippen molar-refractivity contribution in [1.29, 1.82) is 5.26 Å². The predicted octanol–water partition coefficient (Wildman–Crippen LogP) is 2.48. The summed E-state index contributed by atoms with van der Waals surface area (Å²) in [6.45, 7) is 7.75. The van der Waals surface area contributed by atoms with Crippen LogP contribution in [0.4, 0.5) is 4.39 Å². The molecular formula is C20H26FN7. The van der Waals surface area contributed by atoms with Crippen LogP contribution in [0.5, 0.6) is 0 Å². The lowest BCUT2D eigenvalue weighted by Crippen LogP contribution is -2.47. The highest BCUT2D eigenvalue weighted by Gasteiger charge is 2.23. The predicted molar refractivity (Wildman–Crippen MR) is 105 cm³/mol. The van der Waals surface area contributed by atoms with Gasteiger partial charge in [0.15, 0.2) is 11.8 Å². The van der Waals surface area contributed by atoms with E-state index in [1.807, 2.05) is 17.7 Å². The molecule has 8 heteroatoms. The highest BCUT2D eigenvalue weighted by Crippen LogP contribution is 2.17. The topological polar surface area (TPSA) is 90.9 Å². The number of nitriles is 1. The number of aliphatic imine (C=N–C) groups is 1. The second kappa shape index (κ2) is 8.83. The fourth-order valence-electron chi connectivity index (χ4n) is 3.13. The molecule has 1 aliphatic heterocycles. The molecule has 1 unspecified atom stereocenters. The highest BCUT2D eigenvalue weighted by atomic mass is 19.1. The number of fused-ring (bicyclic) bond motifs is 1. The first kappa shape index (κ1) is 19.8. The number of aryl methyl sites for hydroxylation is 1. The maximum absolute atomic E-state index is 14.0. The van der Waals surface area contributed by atoms with Crippen molar-refractivity contribution in [3.05, 3.63) is 46.8 Å². The Balaban J connectivity index is 1.69. The van der Waals surface area contributed by atoms with E-state index in [0.717, 1.165) is 31.0 Å². The molecule has 0 saturated heterocycles. The summed E-state index contributed by atoms with van der Waals surface area (Å²) in [5.74, 6) is 2.48. The molecule has 7 nitrogen and oxygen atoms in total. The van der Waals surface area contributed by atoms with Gasteiger partial charge >= 0.3 is 0 Å². The van der Waals surface area contributed by atoms with Gasteiger partial charge in [0, 0.05) is 30.5 Å². The largest absolute Gasteiger partial charge is 0.357 e. The lowest BCUT2D eigenvalue weighted by molar-refractivity contribution is 0.391. The van der Waals surface area contributed by atoms with Crippen molar-refractivity contribution >= 4 is 5.96 Å². The van der Waals surface area contributed by atoms with E-state index in [4.69, 9.17) is 5.26 Å². The molecule has 3 rings (SSSR count). The van der Waals surface area contributed by atoms with Gasteiger partial charge in [0.1, 0.15) is 11.6 Å². The first-order valence-corrected chi connectivity index (χ1v) is 9.67. The zero-order valence-corrected chi connectivity index (χ0v) is 16.5. The highest BCUT2D eigenvalue weighted by molar-refractivity contribution is 5.80. The molecule has 2 heterocycles. The Morgan fingerprint density at radius 2 is 2.29 bits per heavy atom. The summed E-state index contributed by atoms with van der Waals surface area (Å²) in [4.78, 5) is 9.12. The van der Waals surface area contributed by atoms with E-state index < -0.39 is 0 Å². The number of guanidine groups is 1. The molecule has 0 aliphatic carbocycles. The van der Waals surface area contributed by atoms with Crippen molar-refractivity contribution in [1.82, 2.24) is 25.4 Å². The SMILES string of the molecule is CCNC(=NCc1cc(C#N)ccc1F)NC1CCc2nc(C(C)C)nn2C1. The third kappa shape index (κ3) is 4.66. The smallest absolute Gasteiger partial charge is 0.191 e. The van der Waals surface area contributed by atoms with Crippen molar-refractivity contribution in [3.8, 4) is 6.07 Å². The molecule has 1 aromatic heterocycles. The number of hydrogen-bond donors (Lipinski definition) is 2. The summed E-state index contributed by atoms with van der Waals surface area (Å²) < 4.78 is 16.0. The Bertz CT molecular complexity index is 894. The van der Waals surface area contributed by atoms with Gasteiger partial charge in [-0.3, -0.25) is 0 Å². The third-order valence-electron chi connectivity index (χ3n) is 4.66. The molecule has 1 atom stereocenters. The number of hydrogen-bond acceptors (Lipinski definition) is 4. The first-order chi connectivity index (χ1) is 13.5. The zero-order valence-electron chi connectivity index (χ0n) is 16.5. The number of rotatable bonds is 5. The van der Waals surface area contributed by atoms with Crippen molar-refractivity contribution < 1.29 is 4.39 Å². The lowest BCUT2D eigenvalue weighted by atomic mass is 10.1. The molecule has 1 aliphatic rings. The van der Waals surface area contributed by atoms with Gasteiger partial charge in [-0.1, -0.05) is 13.8 Å². The molecule has 0 fully saturated rings. The third-order valence-corrected chi connectivity index (χ3v) is 4.66. The Morgan fingerprint density at radius 3 is 3.00 bits per heavy atom. The minimum absolute atomic E-state index is 0.162. The van der Waals surface area contributed by atoms with E-state index in [-0.39, 0.29) is 18.4 Å². The molecule has 148 valence electrons. The van der Waals surface area contributed by atoms with Crippen LogP contribution in [-0.4, -0.2) is 33.3 Å². The fraction of sp³-hybridized carbons (Fsp3) is 0.500. The number of nitrogens with one attached hydrogen (secondary N) is 2. The Hall–Kier alpha value is -2.95. The number of halogens is 1. The summed E-state index contributed by atoms with van der Waals surface area (Å²) in [5.41, 5.74) is 0.830. The maximum atomic E-state index is 14.0. The molecule has 28 heavy (non-hydrogen) atoms. The normalized spacial score (nSPS) is 16.6. The van der Waals surface area contributed by atoms with Gasteiger partial charge in [0.25, 0.3) is 0 Å². The van der Waals surface area contributed by atoms with Gasteiger partial charge < -0.3 is 10.6 Å². The Labute approximate surface area is 164 Å². The number of benzene rings is 1. The van der Waals surface area contributed by atoms with Crippen LogP contribution < -0.4 is 10.6 Å². The van der Waals surface area contributed by atoms with Crippen LogP contribution in [0.3, 0.4) is 0 Å². The maximum Gasteiger partial charge on any atom is 0.191 e. The molecule has 0 bridgehead atoms. The fourth-order valence-corrected chi connectivity index (χ4v) is 3.13. The first-order valence-electron chi connectivity index (χ1n) is 9.67. The summed E-state index contributed by atoms with van der Waals surface area (Å²) in [6, 6.07) is 6.52. The molecule has 2 N–H and O–H groups in total. The molecule has 2 aromatic rings. The van der Waals surface area contributed by atoms with Crippen molar-refractivity contribution in [2.75, 3.05) is 6.54 Å². The average Bonchev–Trinajstić information content (AvgIpc) is 3.11. The van der Waals surface area contributed by atoms with Gasteiger partial charge in [0.05, 0.1) is 24.7 Å². The van der Waals surface area contributed by atoms with Crippen LogP contribution >= 0.6 is 0 Å². The second-order valence-corrected chi connectivity index (χ2v) is 7.22. The number of aromatic nitrogens is 3. The molecule has 0 saturated carbocycles. The molecule has 0 amide bonds. The monoisotopic (exact) mass is 383 g/mol. The van der Waals surface area contributed by atoms with Crippen LogP contribution in [0.2, 0.25) is 0 Å². The second-order valence-electron chi connectivity index (χ2n) is 7.22. The van der Waals surface area contributed by atoms with E-state index in [1.165, 1.54) is 18.2 Å². The van der Waals surface area contributed by atoms with Gasteiger partial charge in [-0.25, -0.2) is 19.0 Å².